The molecule has 2 fully saturated rings. The van der Waals surface area contributed by atoms with Gasteiger partial charge in [0.1, 0.15) is 5.82 Å². The molecule has 5 heteroatoms. The van der Waals surface area contributed by atoms with E-state index in [1.165, 1.54) is 12.8 Å². The molecule has 0 spiro atoms. The van der Waals surface area contributed by atoms with Gasteiger partial charge in [0.2, 0.25) is 5.91 Å². The lowest BCUT2D eigenvalue weighted by molar-refractivity contribution is -0.136. The fourth-order valence-corrected chi connectivity index (χ4v) is 3.64. The largest absolute Gasteiger partial charge is 0.347 e. The molecular weight excluding hydrogens is 240 g/mol. The minimum Gasteiger partial charge on any atom is -0.347 e. The van der Waals surface area contributed by atoms with Crippen LogP contribution in [0.4, 0.5) is 0 Å². The second-order valence-corrected chi connectivity index (χ2v) is 5.68. The van der Waals surface area contributed by atoms with Crippen LogP contribution in [-0.4, -0.2) is 39.9 Å². The number of carbonyl (C=O) groups is 1. The average molecular weight is 262 g/mol. The Morgan fingerprint density at radius 1 is 1.42 bits per heavy atom. The monoisotopic (exact) mass is 262 g/mol. The predicted octanol–water partition coefficient (Wildman–Crippen LogP) is 1.29. The summed E-state index contributed by atoms with van der Waals surface area (Å²) in [5, 5.41) is 3.17. The maximum Gasteiger partial charge on any atom is 0.240 e. The van der Waals surface area contributed by atoms with Gasteiger partial charge in [-0.15, -0.1) is 0 Å². The Balaban J connectivity index is 1.84. The van der Waals surface area contributed by atoms with E-state index in [0.29, 0.717) is 18.5 Å². The Kier molecular flexibility index (Phi) is 3.55. The normalized spacial score (nSPS) is 31.3. The Labute approximate surface area is 113 Å². The molecule has 3 unspecified atom stereocenters. The molecule has 1 aliphatic carbocycles. The van der Waals surface area contributed by atoms with Crippen LogP contribution >= 0.6 is 0 Å². The molecule has 3 rings (SSSR count). The number of likely N-dealkylation sites (N-methyl/N-ethyl adjacent to an activating group) is 1. The molecule has 2 aliphatic rings. The maximum atomic E-state index is 12.7. The van der Waals surface area contributed by atoms with Crippen LogP contribution < -0.4 is 5.32 Å². The van der Waals surface area contributed by atoms with E-state index in [0.717, 1.165) is 25.1 Å². The van der Waals surface area contributed by atoms with Crippen molar-refractivity contribution in [2.24, 2.45) is 5.92 Å². The van der Waals surface area contributed by atoms with Gasteiger partial charge in [-0.2, -0.15) is 0 Å². The van der Waals surface area contributed by atoms with E-state index >= 15 is 0 Å². The number of aromatic amines is 1. The van der Waals surface area contributed by atoms with Crippen molar-refractivity contribution in [2.75, 3.05) is 7.05 Å². The number of hydrogen-bond donors (Lipinski definition) is 2. The molecule has 2 heterocycles. The van der Waals surface area contributed by atoms with E-state index in [9.17, 15) is 4.79 Å². The van der Waals surface area contributed by atoms with E-state index in [1.807, 2.05) is 13.2 Å². The second kappa shape index (κ2) is 5.33. The number of nitrogens with zero attached hydrogens (tertiary/aromatic N) is 2. The van der Waals surface area contributed by atoms with Crippen molar-refractivity contribution in [3.8, 4) is 0 Å². The summed E-state index contributed by atoms with van der Waals surface area (Å²) in [4.78, 5) is 22.1. The minimum absolute atomic E-state index is 0.0273. The molecule has 1 saturated carbocycles. The second-order valence-electron chi connectivity index (χ2n) is 5.68. The lowest BCUT2D eigenvalue weighted by Gasteiger charge is -2.31. The van der Waals surface area contributed by atoms with Gasteiger partial charge in [-0.25, -0.2) is 4.98 Å². The van der Waals surface area contributed by atoms with Crippen molar-refractivity contribution in [3.63, 3.8) is 0 Å². The number of H-pyrrole nitrogens is 1. The maximum absolute atomic E-state index is 12.7. The average Bonchev–Trinajstić information content (AvgIpc) is 3.05. The van der Waals surface area contributed by atoms with Gasteiger partial charge in [0.25, 0.3) is 0 Å². The zero-order chi connectivity index (χ0) is 13.2. The number of imidazole rings is 1. The molecule has 104 valence electrons. The molecular formula is C14H22N4O. The first-order valence-electron chi connectivity index (χ1n) is 7.25. The summed E-state index contributed by atoms with van der Waals surface area (Å²) in [6, 6.07) is 0.386. The Morgan fingerprint density at radius 2 is 2.32 bits per heavy atom. The first kappa shape index (κ1) is 12.7. The summed E-state index contributed by atoms with van der Waals surface area (Å²) in [7, 11) is 1.88. The number of nitrogens with one attached hydrogen (secondary N) is 2. The first-order valence-corrected chi connectivity index (χ1v) is 7.25. The number of likely N-dealkylation sites (tertiary alicyclic amines) is 1. The molecule has 1 aromatic heterocycles. The van der Waals surface area contributed by atoms with Gasteiger partial charge < -0.3 is 15.2 Å². The molecule has 5 nitrogen and oxygen atoms in total. The molecule has 0 aromatic carbocycles. The highest BCUT2D eigenvalue weighted by Crippen LogP contribution is 2.36. The van der Waals surface area contributed by atoms with Crippen LogP contribution in [0.15, 0.2) is 12.4 Å². The number of aromatic nitrogens is 2. The predicted molar refractivity (Wildman–Crippen MR) is 72.3 cm³/mol. The third-order valence-electron chi connectivity index (χ3n) is 4.65. The van der Waals surface area contributed by atoms with Gasteiger partial charge in [-0.05, 0) is 38.6 Å². The lowest BCUT2D eigenvalue weighted by Crippen LogP contribution is -2.47. The molecule has 0 radical (unpaired) electrons. The molecule has 1 amide bonds. The summed E-state index contributed by atoms with van der Waals surface area (Å²) in [6.45, 7) is 0.616. The van der Waals surface area contributed by atoms with Gasteiger partial charge in [-0.1, -0.05) is 6.42 Å². The number of carbonyl (C=O) groups excluding carboxylic acids is 1. The standard InChI is InChI=1S/C14H22N4O/c1-15-11-6-5-10-3-2-4-12(10)18(14(11)19)9-13-16-7-8-17-13/h7-8,10-12,15H,2-6,9H2,1H3,(H,16,17). The number of hydrogen-bond acceptors (Lipinski definition) is 3. The molecule has 1 aromatic rings. The van der Waals surface area contributed by atoms with Gasteiger partial charge in [0.05, 0.1) is 12.6 Å². The molecule has 2 N–H and O–H groups in total. The van der Waals surface area contributed by atoms with Crippen LogP contribution in [0.3, 0.4) is 0 Å². The third kappa shape index (κ3) is 2.39. The highest BCUT2D eigenvalue weighted by atomic mass is 16.2. The number of rotatable bonds is 3. The van der Waals surface area contributed by atoms with Crippen molar-refractivity contribution < 1.29 is 4.79 Å². The van der Waals surface area contributed by atoms with Gasteiger partial charge in [-0.3, -0.25) is 4.79 Å². The Hall–Kier alpha value is -1.36. The molecule has 19 heavy (non-hydrogen) atoms. The van der Waals surface area contributed by atoms with Crippen LogP contribution in [-0.2, 0) is 11.3 Å². The highest BCUT2D eigenvalue weighted by Gasteiger charge is 2.40. The number of fused-ring (bicyclic) bond motifs is 1. The van der Waals surface area contributed by atoms with Crippen LogP contribution in [0.2, 0.25) is 0 Å². The summed E-state index contributed by atoms with van der Waals surface area (Å²) in [5.74, 6) is 1.81. The van der Waals surface area contributed by atoms with Crippen molar-refractivity contribution >= 4 is 5.91 Å². The summed E-state index contributed by atoms with van der Waals surface area (Å²) < 4.78 is 0. The number of amides is 1. The van der Waals surface area contributed by atoms with Crippen molar-refractivity contribution in [3.05, 3.63) is 18.2 Å². The Morgan fingerprint density at radius 3 is 3.05 bits per heavy atom. The SMILES string of the molecule is CNC1CCC2CCCC2N(Cc2ncc[nH]2)C1=O. The van der Waals surface area contributed by atoms with Crippen molar-refractivity contribution in [2.45, 2.75) is 50.7 Å². The van der Waals surface area contributed by atoms with E-state index in [4.69, 9.17) is 0 Å². The lowest BCUT2D eigenvalue weighted by atomic mass is 9.97. The van der Waals surface area contributed by atoms with E-state index in [1.54, 1.807) is 6.20 Å². The van der Waals surface area contributed by atoms with Crippen LogP contribution in [0, 0.1) is 5.92 Å². The third-order valence-corrected chi connectivity index (χ3v) is 4.65. The zero-order valence-corrected chi connectivity index (χ0v) is 11.4. The first-order chi connectivity index (χ1) is 9.29. The topological polar surface area (TPSA) is 61.0 Å². The highest BCUT2D eigenvalue weighted by molar-refractivity contribution is 5.82. The zero-order valence-electron chi connectivity index (χ0n) is 11.4. The summed E-state index contributed by atoms with van der Waals surface area (Å²) >= 11 is 0. The van der Waals surface area contributed by atoms with Crippen LogP contribution in [0.25, 0.3) is 0 Å². The molecule has 1 saturated heterocycles. The fourth-order valence-electron chi connectivity index (χ4n) is 3.64. The summed E-state index contributed by atoms with van der Waals surface area (Å²) in [6.07, 6.45) is 9.36. The van der Waals surface area contributed by atoms with E-state index < -0.39 is 0 Å². The van der Waals surface area contributed by atoms with Crippen LogP contribution in [0.5, 0.6) is 0 Å². The molecule has 1 aliphatic heterocycles. The van der Waals surface area contributed by atoms with Gasteiger partial charge in [0, 0.05) is 18.4 Å². The molecule has 3 atom stereocenters. The Bertz CT molecular complexity index is 431. The van der Waals surface area contributed by atoms with Gasteiger partial charge in [0.15, 0.2) is 0 Å². The molecule has 0 bridgehead atoms. The van der Waals surface area contributed by atoms with E-state index in [2.05, 4.69) is 20.2 Å². The van der Waals surface area contributed by atoms with Crippen LogP contribution in [0.1, 0.15) is 37.9 Å². The smallest absolute Gasteiger partial charge is 0.240 e. The fraction of sp³-hybridized carbons (Fsp3) is 0.714. The quantitative estimate of drug-likeness (QED) is 0.863. The van der Waals surface area contributed by atoms with Crippen molar-refractivity contribution in [1.82, 2.24) is 20.2 Å². The van der Waals surface area contributed by atoms with E-state index in [-0.39, 0.29) is 11.9 Å². The minimum atomic E-state index is -0.0273. The summed E-state index contributed by atoms with van der Waals surface area (Å²) in [5.41, 5.74) is 0. The van der Waals surface area contributed by atoms with Crippen molar-refractivity contribution in [1.29, 1.82) is 0 Å². The van der Waals surface area contributed by atoms with Gasteiger partial charge >= 0.3 is 0 Å².